The van der Waals surface area contributed by atoms with E-state index in [1.54, 1.807) is 45.8 Å². The Labute approximate surface area is 190 Å². The van der Waals surface area contributed by atoms with Crippen LogP contribution in [-0.4, -0.2) is 30.0 Å². The molecule has 33 heavy (non-hydrogen) atoms. The number of halogens is 3. The maximum absolute atomic E-state index is 12.8. The smallest absolute Gasteiger partial charge is 0.296 e. The van der Waals surface area contributed by atoms with Gasteiger partial charge >= 0.3 is 15.5 Å². The van der Waals surface area contributed by atoms with E-state index in [1.807, 2.05) is 13.8 Å². The third kappa shape index (κ3) is 5.27. The summed E-state index contributed by atoms with van der Waals surface area (Å²) in [7, 11) is -5.54. The van der Waals surface area contributed by atoms with Crippen molar-refractivity contribution in [3.8, 4) is 11.1 Å². The molecule has 1 heterocycles. The lowest BCUT2D eigenvalue weighted by Gasteiger charge is -2.14. The minimum atomic E-state index is -5.54. The highest BCUT2D eigenvalue weighted by Gasteiger charge is 2.46. The zero-order valence-corrected chi connectivity index (χ0v) is 19.0. The second-order valence-electron chi connectivity index (χ2n) is 7.46. The maximum Gasteiger partial charge on any atom is 0.516 e. The summed E-state index contributed by atoms with van der Waals surface area (Å²) in [6.07, 6.45) is 2.91. The van der Waals surface area contributed by atoms with Gasteiger partial charge in [0, 0.05) is 24.1 Å². The predicted molar refractivity (Wildman–Crippen MR) is 121 cm³/mol. The molecule has 0 unspecified atom stereocenters. The van der Waals surface area contributed by atoms with E-state index in [0.29, 0.717) is 29.8 Å². The topological polar surface area (TPSA) is 81.1 Å². The molecule has 0 bridgehead atoms. The number of nitrogens with one attached hydrogen (secondary N) is 1. The van der Waals surface area contributed by atoms with Crippen LogP contribution >= 0.6 is 0 Å². The Kier molecular flexibility index (Phi) is 7.26. The van der Waals surface area contributed by atoms with E-state index in [2.05, 4.69) is 5.10 Å². The van der Waals surface area contributed by atoms with Crippen LogP contribution in [0.2, 0.25) is 0 Å². The summed E-state index contributed by atoms with van der Waals surface area (Å²) in [5.74, 6) is 0. The van der Waals surface area contributed by atoms with E-state index < -0.39 is 15.5 Å². The molecule has 3 aromatic rings. The van der Waals surface area contributed by atoms with Gasteiger partial charge in [-0.1, -0.05) is 55.8 Å². The largest absolute Gasteiger partial charge is 0.516 e. The molecule has 10 heteroatoms. The molecule has 0 radical (unpaired) electrons. The van der Waals surface area contributed by atoms with Crippen molar-refractivity contribution < 1.29 is 26.4 Å². The van der Waals surface area contributed by atoms with Gasteiger partial charge in [-0.05, 0) is 30.5 Å². The van der Waals surface area contributed by atoms with Crippen LogP contribution in [0.1, 0.15) is 47.6 Å². The highest BCUT2D eigenvalue weighted by molar-refractivity contribution is 7.93. The van der Waals surface area contributed by atoms with Crippen LogP contribution in [-0.2, 0) is 29.4 Å². The molecule has 3 rings (SSSR count). The Morgan fingerprint density at radius 2 is 1.73 bits per heavy atom. The van der Waals surface area contributed by atoms with Crippen LogP contribution in [0.5, 0.6) is 0 Å². The molecular formula is C23H24F3N3O3S. The number of aryl methyl sites for hydroxylation is 2. The second-order valence-corrected chi connectivity index (χ2v) is 9.14. The summed E-state index contributed by atoms with van der Waals surface area (Å²) in [5, 5.41) is 4.54. The first-order chi connectivity index (χ1) is 15.6. The molecule has 1 N–H and O–H groups in total. The Hall–Kier alpha value is -3.14. The number of hydrogen-bond donors (Lipinski definition) is 1. The maximum atomic E-state index is 12.8. The van der Waals surface area contributed by atoms with Crippen LogP contribution in [0.4, 0.5) is 18.9 Å². The Bertz CT molecular complexity index is 1230. The van der Waals surface area contributed by atoms with Gasteiger partial charge in [-0.3, -0.25) is 14.2 Å². The molecule has 0 saturated heterocycles. The third-order valence-electron chi connectivity index (χ3n) is 5.20. The quantitative estimate of drug-likeness (QED) is 0.429. The number of benzene rings is 2. The normalized spacial score (nSPS) is 12.0. The molecular weight excluding hydrogens is 455 g/mol. The summed E-state index contributed by atoms with van der Waals surface area (Å²) in [6, 6.07) is 12.9. The Morgan fingerprint density at radius 1 is 1.06 bits per heavy atom. The molecule has 1 aromatic heterocycles. The molecule has 0 aliphatic rings. The van der Waals surface area contributed by atoms with E-state index in [4.69, 9.17) is 0 Å². The number of hydrogen-bond acceptors (Lipinski definition) is 4. The van der Waals surface area contributed by atoms with Crippen molar-refractivity contribution in [1.29, 1.82) is 0 Å². The monoisotopic (exact) mass is 479 g/mol. The van der Waals surface area contributed by atoms with Gasteiger partial charge in [0.05, 0.1) is 11.4 Å². The van der Waals surface area contributed by atoms with Crippen molar-refractivity contribution in [1.82, 2.24) is 9.78 Å². The van der Waals surface area contributed by atoms with Gasteiger partial charge in [0.25, 0.3) is 0 Å². The van der Waals surface area contributed by atoms with Gasteiger partial charge in [-0.2, -0.15) is 26.7 Å². The zero-order valence-electron chi connectivity index (χ0n) is 18.2. The number of aldehydes is 1. The average Bonchev–Trinajstić information content (AvgIpc) is 3.10. The molecule has 176 valence electrons. The highest BCUT2D eigenvalue weighted by atomic mass is 32.2. The molecule has 0 atom stereocenters. The van der Waals surface area contributed by atoms with E-state index in [1.165, 1.54) is 12.1 Å². The average molecular weight is 480 g/mol. The minimum absolute atomic E-state index is 0.166. The van der Waals surface area contributed by atoms with Crippen molar-refractivity contribution in [2.45, 2.75) is 45.2 Å². The Morgan fingerprint density at radius 3 is 2.30 bits per heavy atom. The van der Waals surface area contributed by atoms with Gasteiger partial charge < -0.3 is 0 Å². The summed E-state index contributed by atoms with van der Waals surface area (Å²) in [4.78, 5) is 11.7. The number of nitrogens with zero attached hydrogens (tertiary/aromatic N) is 2. The van der Waals surface area contributed by atoms with E-state index >= 15 is 0 Å². The first kappa shape index (κ1) is 24.5. The van der Waals surface area contributed by atoms with Crippen LogP contribution in [0.15, 0.2) is 48.5 Å². The lowest BCUT2D eigenvalue weighted by Crippen LogP contribution is -2.30. The number of carbonyl (C=O) groups excluding carboxylic acids is 1. The van der Waals surface area contributed by atoms with Crippen molar-refractivity contribution in [2.75, 3.05) is 4.72 Å². The number of rotatable bonds is 9. The van der Waals surface area contributed by atoms with Gasteiger partial charge in [0.15, 0.2) is 6.29 Å². The van der Waals surface area contributed by atoms with Crippen molar-refractivity contribution in [3.63, 3.8) is 0 Å². The molecule has 0 fully saturated rings. The molecule has 0 amide bonds. The molecule has 0 saturated carbocycles. The van der Waals surface area contributed by atoms with Crippen molar-refractivity contribution in [2.24, 2.45) is 0 Å². The lowest BCUT2D eigenvalue weighted by atomic mass is 9.97. The first-order valence-corrected chi connectivity index (χ1v) is 11.9. The number of anilines is 1. The van der Waals surface area contributed by atoms with Crippen LogP contribution in [0.3, 0.4) is 0 Å². The number of sulfonamides is 1. The zero-order chi connectivity index (χ0) is 24.2. The fraction of sp³-hybridized carbons (Fsp3) is 0.304. The van der Waals surface area contributed by atoms with Gasteiger partial charge in [-0.15, -0.1) is 0 Å². The SMILES string of the molecule is CCCc1nn(CC)c(C=O)c1Cc1ccc(-c2ccccc2NS(=O)(=O)C(F)(F)F)cc1. The van der Waals surface area contributed by atoms with Gasteiger partial charge in [0.1, 0.15) is 5.69 Å². The van der Waals surface area contributed by atoms with Gasteiger partial charge in [0.2, 0.25) is 0 Å². The summed E-state index contributed by atoms with van der Waals surface area (Å²) in [6.45, 7) is 4.53. The number of alkyl halides is 3. The predicted octanol–water partition coefficient (Wildman–Crippen LogP) is 5.19. The number of para-hydroxylation sites is 1. The first-order valence-electron chi connectivity index (χ1n) is 10.4. The van der Waals surface area contributed by atoms with E-state index in [0.717, 1.165) is 35.9 Å². The highest BCUT2D eigenvalue weighted by Crippen LogP contribution is 2.32. The molecule has 0 spiro atoms. The Balaban J connectivity index is 1.92. The fourth-order valence-electron chi connectivity index (χ4n) is 3.60. The van der Waals surface area contributed by atoms with Crippen LogP contribution in [0, 0.1) is 0 Å². The molecule has 0 aliphatic carbocycles. The fourth-order valence-corrected chi connectivity index (χ4v) is 4.18. The third-order valence-corrected chi connectivity index (χ3v) is 6.30. The van der Waals surface area contributed by atoms with Crippen molar-refractivity contribution >= 4 is 22.0 Å². The second kappa shape index (κ2) is 9.78. The summed E-state index contributed by atoms with van der Waals surface area (Å²) < 4.78 is 64.9. The van der Waals surface area contributed by atoms with Crippen LogP contribution in [0.25, 0.3) is 11.1 Å². The van der Waals surface area contributed by atoms with Crippen LogP contribution < -0.4 is 4.72 Å². The summed E-state index contributed by atoms with van der Waals surface area (Å²) >= 11 is 0. The van der Waals surface area contributed by atoms with E-state index in [-0.39, 0.29) is 5.69 Å². The minimum Gasteiger partial charge on any atom is -0.296 e. The van der Waals surface area contributed by atoms with Gasteiger partial charge in [-0.25, -0.2) is 0 Å². The molecule has 2 aromatic carbocycles. The standard InChI is InChI=1S/C23H24F3N3O3S/c1-3-7-20-19(22(15-30)29(4-2)27-20)14-16-10-12-17(13-11-16)18-8-5-6-9-21(18)28-33(31,32)23(24,25)26/h5-6,8-13,15,28H,3-4,7,14H2,1-2H3. The number of aromatic nitrogens is 2. The summed E-state index contributed by atoms with van der Waals surface area (Å²) in [5.41, 5.74) is -1.55. The lowest BCUT2D eigenvalue weighted by molar-refractivity contribution is -0.0429. The molecule has 6 nitrogen and oxygen atoms in total. The molecule has 0 aliphatic heterocycles. The van der Waals surface area contributed by atoms with E-state index in [9.17, 15) is 26.4 Å². The number of carbonyl (C=O) groups is 1. The van der Waals surface area contributed by atoms with Crippen molar-refractivity contribution in [3.05, 3.63) is 71.0 Å².